The first-order valence-electron chi connectivity index (χ1n) is 8.51. The number of thioether (sulfide) groups is 1. The minimum absolute atomic E-state index is 0.00581. The highest BCUT2D eigenvalue weighted by Gasteiger charge is 2.28. The Morgan fingerprint density at radius 3 is 2.75 bits per heavy atom. The second-order valence-corrected chi connectivity index (χ2v) is 8.98. The van der Waals surface area contributed by atoms with Gasteiger partial charge in [0.25, 0.3) is 10.0 Å². The molecule has 10 nitrogen and oxygen atoms in total. The van der Waals surface area contributed by atoms with Gasteiger partial charge in [-0.05, 0) is 25.0 Å². The van der Waals surface area contributed by atoms with E-state index in [1.807, 2.05) is 17.7 Å². The van der Waals surface area contributed by atoms with Crippen LogP contribution < -0.4 is 20.1 Å². The van der Waals surface area contributed by atoms with Crippen LogP contribution in [0.4, 0.5) is 16.7 Å². The number of nitrogens with zero attached hydrogens (tertiary/aromatic N) is 3. The molecule has 2 amide bonds. The number of amides is 2. The van der Waals surface area contributed by atoms with E-state index >= 15 is 0 Å². The summed E-state index contributed by atoms with van der Waals surface area (Å²) in [5.41, 5.74) is 0.957. The van der Waals surface area contributed by atoms with E-state index in [0.717, 1.165) is 12.0 Å². The summed E-state index contributed by atoms with van der Waals surface area (Å²) in [6.07, 6.45) is 0.785. The Kier molecular flexibility index (Phi) is 5.89. The van der Waals surface area contributed by atoms with Crippen molar-refractivity contribution in [1.82, 2.24) is 19.7 Å². The number of sulfonamides is 1. The van der Waals surface area contributed by atoms with Gasteiger partial charge in [-0.2, -0.15) is 15.0 Å². The molecule has 2 aromatic rings. The molecule has 0 bridgehead atoms. The first-order valence-corrected chi connectivity index (χ1v) is 10.9. The number of hydrogen-bond acceptors (Lipinski definition) is 9. The number of rotatable bonds is 6. The Morgan fingerprint density at radius 2 is 2.04 bits per heavy atom. The zero-order chi connectivity index (χ0) is 20.3. The molecule has 1 aromatic heterocycles. The van der Waals surface area contributed by atoms with Gasteiger partial charge in [-0.3, -0.25) is 5.32 Å². The Bertz CT molecular complexity index is 999. The monoisotopic (exact) mass is 424 g/mol. The maximum atomic E-state index is 12.7. The van der Waals surface area contributed by atoms with Crippen molar-refractivity contribution in [2.75, 3.05) is 24.3 Å². The third-order valence-corrected chi connectivity index (χ3v) is 6.53. The minimum Gasteiger partial charge on any atom is -0.464 e. The number of carbonyl (C=O) groups is 1. The average molecular weight is 425 g/mol. The Morgan fingerprint density at radius 1 is 1.29 bits per heavy atom. The van der Waals surface area contributed by atoms with E-state index in [1.165, 1.54) is 17.8 Å². The van der Waals surface area contributed by atoms with Crippen LogP contribution in [0.1, 0.15) is 19.4 Å². The Labute approximate surface area is 167 Å². The number of nitrogens with one attached hydrogen (secondary N) is 3. The van der Waals surface area contributed by atoms with Gasteiger partial charge in [-0.1, -0.05) is 19.1 Å². The van der Waals surface area contributed by atoms with Crippen molar-refractivity contribution in [3.05, 3.63) is 23.8 Å². The van der Waals surface area contributed by atoms with E-state index in [-0.39, 0.29) is 28.1 Å². The highest BCUT2D eigenvalue weighted by Crippen LogP contribution is 2.40. The van der Waals surface area contributed by atoms with Crippen LogP contribution in [0.15, 0.2) is 28.0 Å². The molecule has 1 unspecified atom stereocenters. The summed E-state index contributed by atoms with van der Waals surface area (Å²) in [7, 11) is -2.47. The minimum atomic E-state index is -4.07. The predicted octanol–water partition coefficient (Wildman–Crippen LogP) is 1.86. The molecule has 1 aromatic carbocycles. The van der Waals surface area contributed by atoms with Crippen LogP contribution in [0.2, 0.25) is 0 Å². The molecule has 0 fully saturated rings. The number of hydrogen-bond donors (Lipinski definition) is 3. The van der Waals surface area contributed by atoms with E-state index in [2.05, 4.69) is 25.6 Å². The van der Waals surface area contributed by atoms with Crippen LogP contribution >= 0.6 is 11.8 Å². The topological polar surface area (TPSA) is 135 Å². The molecule has 1 atom stereocenters. The summed E-state index contributed by atoms with van der Waals surface area (Å²) in [5.74, 6) is 0.0275. The maximum absolute atomic E-state index is 12.7. The summed E-state index contributed by atoms with van der Waals surface area (Å²) in [6.45, 7) is 4.10. The average Bonchev–Trinajstić information content (AvgIpc) is 3.00. The third-order valence-electron chi connectivity index (χ3n) is 3.74. The number of benzene rings is 1. The van der Waals surface area contributed by atoms with Crippen molar-refractivity contribution >= 4 is 39.7 Å². The van der Waals surface area contributed by atoms with Gasteiger partial charge in [-0.15, -0.1) is 11.8 Å². The zero-order valence-corrected chi connectivity index (χ0v) is 17.1. The van der Waals surface area contributed by atoms with Crippen LogP contribution in [-0.4, -0.2) is 48.3 Å². The molecule has 3 rings (SSSR count). The zero-order valence-electron chi connectivity index (χ0n) is 15.5. The smallest absolute Gasteiger partial charge is 0.335 e. The van der Waals surface area contributed by atoms with Gasteiger partial charge in [0.15, 0.2) is 0 Å². The fourth-order valence-electron chi connectivity index (χ4n) is 2.64. The molecule has 2 heterocycles. The van der Waals surface area contributed by atoms with Crippen molar-refractivity contribution in [2.24, 2.45) is 0 Å². The number of aromatic nitrogens is 3. The molecular weight excluding hydrogens is 404 g/mol. The lowest BCUT2D eigenvalue weighted by Gasteiger charge is -2.11. The standard InChI is InChI=1S/C16H20N6O4S2/c1-4-26-16-20-13(17-3)18-14(21-16)19-15(23)22-28(24,25)11-7-5-6-10-8-9(2)27-12(10)11/h5-7,9H,4,8H2,1-3H3,(H3,17,18,19,20,21,22,23). The second-order valence-electron chi connectivity index (χ2n) is 5.88. The molecule has 1 aliphatic rings. The normalized spacial score (nSPS) is 15.6. The number of fused-ring (bicyclic) bond motifs is 1. The van der Waals surface area contributed by atoms with Gasteiger partial charge >= 0.3 is 12.0 Å². The molecule has 0 saturated carbocycles. The van der Waals surface area contributed by atoms with Gasteiger partial charge in [0.2, 0.25) is 11.9 Å². The molecule has 0 spiro atoms. The number of ether oxygens (including phenoxy) is 1. The van der Waals surface area contributed by atoms with Crippen LogP contribution in [0.25, 0.3) is 0 Å². The van der Waals surface area contributed by atoms with E-state index in [9.17, 15) is 13.2 Å². The first-order chi connectivity index (χ1) is 13.3. The molecule has 0 radical (unpaired) electrons. The van der Waals surface area contributed by atoms with Crippen LogP contribution in [0, 0.1) is 0 Å². The second kappa shape index (κ2) is 8.19. The third kappa shape index (κ3) is 4.44. The molecule has 150 valence electrons. The lowest BCUT2D eigenvalue weighted by Crippen LogP contribution is -2.35. The number of anilines is 2. The van der Waals surface area contributed by atoms with Crippen molar-refractivity contribution in [3.63, 3.8) is 0 Å². The molecule has 1 aliphatic heterocycles. The first kappa shape index (κ1) is 20.1. The van der Waals surface area contributed by atoms with Gasteiger partial charge in [0, 0.05) is 17.2 Å². The number of urea groups is 1. The van der Waals surface area contributed by atoms with Crippen LogP contribution in [0.5, 0.6) is 6.01 Å². The van der Waals surface area contributed by atoms with Crippen LogP contribution in [-0.2, 0) is 16.4 Å². The summed E-state index contributed by atoms with van der Waals surface area (Å²) in [6, 6.07) is 4.07. The maximum Gasteiger partial charge on any atom is 0.335 e. The summed E-state index contributed by atoms with van der Waals surface area (Å²) < 4.78 is 32.6. The fraction of sp³-hybridized carbons (Fsp3) is 0.375. The molecule has 0 saturated heterocycles. The van der Waals surface area contributed by atoms with Gasteiger partial charge in [-0.25, -0.2) is 17.9 Å². The van der Waals surface area contributed by atoms with E-state index in [0.29, 0.717) is 11.5 Å². The lowest BCUT2D eigenvalue weighted by atomic mass is 10.1. The summed E-state index contributed by atoms with van der Waals surface area (Å²) in [4.78, 5) is 24.9. The van der Waals surface area contributed by atoms with Gasteiger partial charge < -0.3 is 10.1 Å². The van der Waals surface area contributed by atoms with Crippen molar-refractivity contribution in [1.29, 1.82) is 0 Å². The van der Waals surface area contributed by atoms with Crippen LogP contribution in [0.3, 0.4) is 0 Å². The molecule has 28 heavy (non-hydrogen) atoms. The van der Waals surface area contributed by atoms with Gasteiger partial charge in [0.1, 0.15) is 4.90 Å². The summed E-state index contributed by atoms with van der Waals surface area (Å²) >= 11 is 1.48. The quantitative estimate of drug-likeness (QED) is 0.635. The Balaban J connectivity index is 1.79. The fourth-order valence-corrected chi connectivity index (χ4v) is 5.31. The molecule has 3 N–H and O–H groups in total. The van der Waals surface area contributed by atoms with E-state index in [4.69, 9.17) is 4.74 Å². The predicted molar refractivity (Wildman–Crippen MR) is 105 cm³/mol. The number of carbonyl (C=O) groups excluding carboxylic acids is 1. The largest absolute Gasteiger partial charge is 0.464 e. The van der Waals surface area contributed by atoms with E-state index in [1.54, 1.807) is 20.0 Å². The molecule has 0 aliphatic carbocycles. The lowest BCUT2D eigenvalue weighted by molar-refractivity contribution is 0.256. The van der Waals surface area contributed by atoms with Crippen molar-refractivity contribution in [2.45, 2.75) is 35.3 Å². The highest BCUT2D eigenvalue weighted by molar-refractivity contribution is 8.01. The SMILES string of the molecule is CCOc1nc(NC)nc(NC(=O)NS(=O)(=O)c2cccc3c2SC(C)C3)n1. The summed E-state index contributed by atoms with van der Waals surface area (Å²) in [5, 5.41) is 5.29. The Hall–Kier alpha value is -2.60. The highest BCUT2D eigenvalue weighted by atomic mass is 32.2. The van der Waals surface area contributed by atoms with E-state index < -0.39 is 16.1 Å². The molecule has 12 heteroatoms. The van der Waals surface area contributed by atoms with Crippen molar-refractivity contribution in [3.8, 4) is 6.01 Å². The molecular formula is C16H20N6O4S2. The van der Waals surface area contributed by atoms with Crippen molar-refractivity contribution < 1.29 is 17.9 Å². The van der Waals surface area contributed by atoms with Gasteiger partial charge in [0.05, 0.1) is 6.61 Å².